The van der Waals surface area contributed by atoms with Crippen LogP contribution >= 0.6 is 0 Å². The molecule has 0 atom stereocenters. The zero-order valence-electron chi connectivity index (χ0n) is 16.3. The number of rotatable bonds is 3. The summed E-state index contributed by atoms with van der Waals surface area (Å²) in [4.78, 5) is 14.1. The Morgan fingerprint density at radius 2 is 1.48 bits per heavy atom. The van der Waals surface area contributed by atoms with Crippen molar-refractivity contribution in [2.24, 2.45) is 20.0 Å². The van der Waals surface area contributed by atoms with Gasteiger partial charge in [0.15, 0.2) is 0 Å². The van der Waals surface area contributed by atoms with E-state index < -0.39 is 12.1 Å². The van der Waals surface area contributed by atoms with Gasteiger partial charge in [0.1, 0.15) is 0 Å². The number of alkyl halides is 3. The predicted molar refractivity (Wildman–Crippen MR) is 109 cm³/mol. The molecule has 1 aliphatic rings. The van der Waals surface area contributed by atoms with Crippen molar-refractivity contribution in [3.05, 3.63) is 52.9 Å². The van der Waals surface area contributed by atoms with Crippen molar-refractivity contribution in [3.63, 3.8) is 0 Å². The van der Waals surface area contributed by atoms with Crippen molar-refractivity contribution < 1.29 is 13.2 Å². The zero-order valence-corrected chi connectivity index (χ0v) is 16.3. The molecule has 1 fully saturated rings. The highest BCUT2D eigenvalue weighted by atomic mass is 19.4. The molecular formula is C21H23F3N4O. The van der Waals surface area contributed by atoms with Crippen LogP contribution < -0.4 is 15.9 Å². The highest BCUT2D eigenvalue weighted by Crippen LogP contribution is 2.35. The molecule has 0 saturated carbocycles. The third kappa shape index (κ3) is 3.71. The lowest BCUT2D eigenvalue weighted by Crippen LogP contribution is -2.38. The molecule has 1 aromatic heterocycles. The van der Waals surface area contributed by atoms with Crippen LogP contribution in [0.5, 0.6) is 0 Å². The molecule has 29 heavy (non-hydrogen) atoms. The zero-order chi connectivity index (χ0) is 20.8. The van der Waals surface area contributed by atoms with E-state index in [2.05, 4.69) is 5.32 Å². The number of nitrogens with one attached hydrogen (secondary N) is 1. The highest BCUT2D eigenvalue weighted by Gasteiger charge is 2.41. The third-order valence-corrected chi connectivity index (χ3v) is 5.75. The molecule has 4 rings (SSSR count). The number of anilines is 3. The normalized spacial score (nSPS) is 15.8. The Bertz CT molecular complexity index is 1070. The van der Waals surface area contributed by atoms with E-state index in [0.29, 0.717) is 13.1 Å². The molecule has 154 valence electrons. The van der Waals surface area contributed by atoms with E-state index in [1.165, 1.54) is 0 Å². The van der Waals surface area contributed by atoms with Crippen LogP contribution in [0.1, 0.15) is 12.8 Å². The van der Waals surface area contributed by atoms with Crippen molar-refractivity contribution in [1.82, 2.24) is 9.13 Å². The number of hydrogen-bond acceptors (Lipinski definition) is 3. The second-order valence-electron chi connectivity index (χ2n) is 7.58. The number of fused-ring (bicyclic) bond motifs is 1. The Labute approximate surface area is 166 Å². The molecular weight excluding hydrogens is 381 g/mol. The summed E-state index contributed by atoms with van der Waals surface area (Å²) in [6.07, 6.45) is -3.82. The maximum atomic E-state index is 12.8. The van der Waals surface area contributed by atoms with Crippen LogP contribution in [0.25, 0.3) is 11.0 Å². The van der Waals surface area contributed by atoms with E-state index >= 15 is 0 Å². The van der Waals surface area contributed by atoms with Gasteiger partial charge >= 0.3 is 11.9 Å². The Morgan fingerprint density at radius 3 is 2.10 bits per heavy atom. The number of hydrogen-bond donors (Lipinski definition) is 1. The first-order valence-corrected chi connectivity index (χ1v) is 9.58. The minimum absolute atomic E-state index is 0.0733. The van der Waals surface area contributed by atoms with Crippen LogP contribution in [0.3, 0.4) is 0 Å². The quantitative estimate of drug-likeness (QED) is 0.704. The Morgan fingerprint density at radius 1 is 0.897 bits per heavy atom. The fourth-order valence-electron chi connectivity index (χ4n) is 3.97. The van der Waals surface area contributed by atoms with Crippen LogP contribution in [-0.4, -0.2) is 28.4 Å². The molecule has 2 aromatic carbocycles. The van der Waals surface area contributed by atoms with Crippen LogP contribution in [0.15, 0.2) is 47.3 Å². The predicted octanol–water partition coefficient (Wildman–Crippen LogP) is 4.40. The average molecular weight is 404 g/mol. The number of piperidine rings is 1. The number of halogens is 3. The maximum absolute atomic E-state index is 12.8. The molecule has 0 spiro atoms. The summed E-state index contributed by atoms with van der Waals surface area (Å²) in [7, 11) is 3.49. The van der Waals surface area contributed by atoms with E-state index in [1.54, 1.807) is 23.2 Å². The van der Waals surface area contributed by atoms with E-state index in [-0.39, 0.29) is 18.5 Å². The summed E-state index contributed by atoms with van der Waals surface area (Å²) in [5.41, 5.74) is 4.29. The van der Waals surface area contributed by atoms with Crippen LogP contribution in [0.2, 0.25) is 0 Å². The molecule has 1 N–H and O–H groups in total. The Kier molecular flexibility index (Phi) is 4.80. The topological polar surface area (TPSA) is 42.2 Å². The molecule has 0 bridgehead atoms. The van der Waals surface area contributed by atoms with Gasteiger partial charge in [0, 0.05) is 44.2 Å². The number of benzene rings is 2. The van der Waals surface area contributed by atoms with E-state index in [4.69, 9.17) is 0 Å². The fourth-order valence-corrected chi connectivity index (χ4v) is 3.97. The fraction of sp³-hybridized carbons (Fsp3) is 0.381. The molecule has 0 aliphatic carbocycles. The smallest absolute Gasteiger partial charge is 0.372 e. The largest absolute Gasteiger partial charge is 0.391 e. The molecule has 2 heterocycles. The Balaban J connectivity index is 1.46. The molecule has 1 aliphatic heterocycles. The first-order valence-electron chi connectivity index (χ1n) is 9.58. The average Bonchev–Trinajstić information content (AvgIpc) is 2.92. The first kappa shape index (κ1) is 19.4. The summed E-state index contributed by atoms with van der Waals surface area (Å²) >= 11 is 0. The van der Waals surface area contributed by atoms with Gasteiger partial charge in [-0.3, -0.25) is 9.13 Å². The number of nitrogens with zero attached hydrogens (tertiary/aromatic N) is 3. The van der Waals surface area contributed by atoms with Gasteiger partial charge < -0.3 is 10.2 Å². The lowest BCUT2D eigenvalue weighted by Gasteiger charge is -2.34. The second kappa shape index (κ2) is 7.17. The monoisotopic (exact) mass is 404 g/mol. The van der Waals surface area contributed by atoms with Crippen molar-refractivity contribution >= 4 is 28.1 Å². The van der Waals surface area contributed by atoms with Crippen LogP contribution in [0, 0.1) is 5.92 Å². The van der Waals surface area contributed by atoms with Gasteiger partial charge in [0.05, 0.1) is 17.0 Å². The van der Waals surface area contributed by atoms with E-state index in [9.17, 15) is 18.0 Å². The molecule has 0 unspecified atom stereocenters. The van der Waals surface area contributed by atoms with Gasteiger partial charge in [-0.15, -0.1) is 0 Å². The summed E-state index contributed by atoms with van der Waals surface area (Å²) in [6.45, 7) is 0.825. The maximum Gasteiger partial charge on any atom is 0.391 e. The molecule has 0 radical (unpaired) electrons. The van der Waals surface area contributed by atoms with Crippen LogP contribution in [0.4, 0.5) is 30.2 Å². The lowest BCUT2D eigenvalue weighted by atomic mass is 9.96. The third-order valence-electron chi connectivity index (χ3n) is 5.75. The standard InChI is InChI=1S/C21H23F3N4O/c1-26-18-8-5-16(13-19(18)27(2)20(26)29)25-15-3-6-17(7-4-15)28-11-9-14(10-12-28)21(22,23)24/h3-8,13-14,25H,9-12H2,1-2H3. The summed E-state index contributed by atoms with van der Waals surface area (Å²) < 4.78 is 41.7. The van der Waals surface area contributed by atoms with Gasteiger partial charge in [-0.2, -0.15) is 13.2 Å². The SMILES string of the molecule is Cn1c(=O)n(C)c2cc(Nc3ccc(N4CCC(C(F)(F)F)CC4)cc3)ccc21. The Hall–Kier alpha value is -2.90. The minimum atomic E-state index is -4.09. The molecule has 5 nitrogen and oxygen atoms in total. The van der Waals surface area contributed by atoms with Gasteiger partial charge in [-0.1, -0.05) is 0 Å². The van der Waals surface area contributed by atoms with Crippen molar-refractivity contribution in [3.8, 4) is 0 Å². The van der Waals surface area contributed by atoms with Crippen molar-refractivity contribution in [2.45, 2.75) is 19.0 Å². The number of aryl methyl sites for hydroxylation is 2. The molecule has 0 amide bonds. The number of aromatic nitrogens is 2. The molecule has 1 saturated heterocycles. The van der Waals surface area contributed by atoms with Gasteiger partial charge in [0.25, 0.3) is 0 Å². The van der Waals surface area contributed by atoms with E-state index in [0.717, 1.165) is 28.1 Å². The van der Waals surface area contributed by atoms with Gasteiger partial charge in [-0.05, 0) is 55.3 Å². The van der Waals surface area contributed by atoms with Gasteiger partial charge in [-0.25, -0.2) is 4.79 Å². The van der Waals surface area contributed by atoms with E-state index in [1.807, 2.05) is 47.4 Å². The first-order chi connectivity index (χ1) is 13.7. The van der Waals surface area contributed by atoms with Crippen molar-refractivity contribution in [1.29, 1.82) is 0 Å². The van der Waals surface area contributed by atoms with Gasteiger partial charge in [0.2, 0.25) is 0 Å². The lowest BCUT2D eigenvalue weighted by molar-refractivity contribution is -0.179. The molecule has 3 aromatic rings. The molecule has 8 heteroatoms. The number of imidazole rings is 1. The highest BCUT2D eigenvalue weighted by molar-refractivity contribution is 5.81. The van der Waals surface area contributed by atoms with Crippen LogP contribution in [-0.2, 0) is 14.1 Å². The summed E-state index contributed by atoms with van der Waals surface area (Å²) in [5.74, 6) is -1.19. The second-order valence-corrected chi connectivity index (χ2v) is 7.58. The summed E-state index contributed by atoms with van der Waals surface area (Å²) in [6, 6.07) is 13.4. The minimum Gasteiger partial charge on any atom is -0.372 e. The summed E-state index contributed by atoms with van der Waals surface area (Å²) in [5, 5.41) is 3.32. The van der Waals surface area contributed by atoms with Crippen molar-refractivity contribution in [2.75, 3.05) is 23.3 Å².